The Bertz CT molecular complexity index is 978. The first kappa shape index (κ1) is 46.3. The van der Waals surface area contributed by atoms with Gasteiger partial charge in [-0.2, -0.15) is 0 Å². The lowest BCUT2D eigenvalue weighted by atomic mass is 10.1. The molecule has 0 fully saturated rings. The lowest BCUT2D eigenvalue weighted by molar-refractivity contribution is -0.139. The zero-order chi connectivity index (χ0) is 37.1. The summed E-state index contributed by atoms with van der Waals surface area (Å²) in [5.41, 5.74) is -0.227. The van der Waals surface area contributed by atoms with Crippen LogP contribution in [0, 0.1) is 0 Å². The molecule has 0 saturated carbocycles. The quantitative estimate of drug-likeness (QED) is 0.0465. The molecular formula is C35H59NO15. The lowest BCUT2D eigenvalue weighted by Gasteiger charge is -2.19. The molecule has 0 aliphatic heterocycles. The molecule has 51 heavy (non-hydrogen) atoms. The van der Waals surface area contributed by atoms with E-state index in [0.29, 0.717) is 138 Å². The predicted octanol–water partition coefficient (Wildman–Crippen LogP) is 2.10. The van der Waals surface area contributed by atoms with Gasteiger partial charge in [0.05, 0.1) is 132 Å². The minimum atomic E-state index is -0.901. The molecule has 1 aromatic carbocycles. The van der Waals surface area contributed by atoms with Crippen molar-refractivity contribution in [3.63, 3.8) is 0 Å². The topological polar surface area (TPSA) is 174 Å². The van der Waals surface area contributed by atoms with Crippen LogP contribution in [-0.2, 0) is 61.6 Å². The Kier molecular flexibility index (Phi) is 30.0. The molecule has 0 aliphatic rings. The molecule has 1 amide bonds. The number of carbonyl (C=O) groups is 3. The van der Waals surface area contributed by atoms with Crippen LogP contribution >= 0.6 is 0 Å². The second-order valence-corrected chi connectivity index (χ2v) is 11.4. The van der Waals surface area contributed by atoms with Gasteiger partial charge in [0.25, 0.3) is 5.78 Å². The third kappa shape index (κ3) is 31.7. The fourth-order valence-corrected chi connectivity index (χ4v) is 3.59. The number of ether oxygens (including phenoxy) is 12. The number of benzene rings is 1. The number of hydrogen-bond acceptors (Lipinski definition) is 15. The Hall–Kier alpha value is -2.77. The molecule has 0 radical (unpaired) electrons. The zero-order valence-corrected chi connectivity index (χ0v) is 30.6. The number of alkyl carbamates (subject to hydrolysis) is 1. The van der Waals surface area contributed by atoms with Gasteiger partial charge >= 0.3 is 12.1 Å². The molecule has 1 rings (SSSR count). The highest BCUT2D eigenvalue weighted by atomic mass is 16.6. The number of nitrogens with one attached hydrogen (secondary N) is 1. The third-order valence-electron chi connectivity index (χ3n) is 5.94. The summed E-state index contributed by atoms with van der Waals surface area (Å²) >= 11 is 0. The van der Waals surface area contributed by atoms with Crippen LogP contribution in [0.3, 0.4) is 0 Å². The van der Waals surface area contributed by atoms with Gasteiger partial charge in [0, 0.05) is 12.1 Å². The number of hydrogen-bond donors (Lipinski definition) is 1. The Morgan fingerprint density at radius 1 is 0.471 bits per heavy atom. The summed E-state index contributed by atoms with van der Waals surface area (Å²) in [6.07, 6.45) is -0.460. The van der Waals surface area contributed by atoms with Crippen LogP contribution < -0.4 is 5.32 Å². The van der Waals surface area contributed by atoms with Crippen molar-refractivity contribution >= 4 is 17.8 Å². The Labute approximate surface area is 301 Å². The van der Waals surface area contributed by atoms with Gasteiger partial charge in [-0.3, -0.25) is 4.79 Å². The van der Waals surface area contributed by atoms with Crippen LogP contribution in [0.4, 0.5) is 4.79 Å². The molecule has 0 unspecified atom stereocenters. The number of amides is 1. The monoisotopic (exact) mass is 733 g/mol. The molecule has 0 spiro atoms. The highest BCUT2D eigenvalue weighted by Gasteiger charge is 2.17. The number of carbonyl (C=O) groups excluding carboxylic acids is 3. The Morgan fingerprint density at radius 3 is 1.12 bits per heavy atom. The maximum absolute atomic E-state index is 11.9. The molecule has 16 heteroatoms. The normalized spacial score (nSPS) is 11.4. The van der Waals surface area contributed by atoms with E-state index in [1.165, 1.54) is 0 Å². The van der Waals surface area contributed by atoms with Gasteiger partial charge in [-0.25, -0.2) is 9.59 Å². The van der Waals surface area contributed by atoms with Crippen LogP contribution in [0.1, 0.15) is 31.1 Å². The van der Waals surface area contributed by atoms with E-state index in [4.69, 9.17) is 56.8 Å². The summed E-state index contributed by atoms with van der Waals surface area (Å²) in [6, 6.07) is 8.24. The van der Waals surface area contributed by atoms with Gasteiger partial charge in [-0.05, 0) is 20.8 Å². The molecule has 0 aliphatic carbocycles. The van der Waals surface area contributed by atoms with Gasteiger partial charge in [0.15, 0.2) is 0 Å². The summed E-state index contributed by atoms with van der Waals surface area (Å²) < 4.78 is 64.3. The number of Topliss-reactive ketones (excluding diaryl/α,β-unsaturated/α-hetero) is 1. The van der Waals surface area contributed by atoms with E-state index in [9.17, 15) is 14.4 Å². The minimum absolute atomic E-state index is 0.00783. The van der Waals surface area contributed by atoms with E-state index in [0.717, 1.165) is 0 Å². The summed E-state index contributed by atoms with van der Waals surface area (Å²) in [7, 11) is 0. The molecule has 0 heterocycles. The van der Waals surface area contributed by atoms with E-state index in [1.54, 1.807) is 30.3 Å². The van der Waals surface area contributed by atoms with Crippen molar-refractivity contribution in [1.82, 2.24) is 5.32 Å². The van der Waals surface area contributed by atoms with Crippen LogP contribution in [0.15, 0.2) is 30.3 Å². The van der Waals surface area contributed by atoms with Gasteiger partial charge in [-0.1, -0.05) is 30.3 Å². The summed E-state index contributed by atoms with van der Waals surface area (Å²) in [5, 5.41) is 2.62. The fourth-order valence-electron chi connectivity index (χ4n) is 3.59. The number of esters is 1. The average molecular weight is 734 g/mol. The molecule has 0 saturated heterocycles. The largest absolute Gasteiger partial charge is 0.457 e. The Balaban J connectivity index is 1.67. The minimum Gasteiger partial charge on any atom is -0.457 e. The second-order valence-electron chi connectivity index (χ2n) is 11.4. The smallest absolute Gasteiger partial charge is 0.407 e. The standard InChI is InChI=1S/C35H59NO15/c1-35(2,3)51-34(39)36-9-10-40-11-12-41-13-14-42-15-16-43-17-18-44-19-20-45-21-22-46-23-24-47-25-26-48-27-28-49-29-30-50-33(38)32(37)31-7-5-4-6-8-31/h4-8H,9-30H2,1-3H3,(H,36,39). The first-order valence-corrected chi connectivity index (χ1v) is 17.3. The van der Waals surface area contributed by atoms with E-state index in [1.807, 2.05) is 20.8 Å². The van der Waals surface area contributed by atoms with Crippen LogP contribution in [0.5, 0.6) is 0 Å². The van der Waals surface area contributed by atoms with Crippen molar-refractivity contribution in [2.24, 2.45) is 0 Å². The summed E-state index contributed by atoms with van der Waals surface area (Å²) in [5.74, 6) is -1.58. The second kappa shape index (κ2) is 33.1. The van der Waals surface area contributed by atoms with Crippen LogP contribution in [-0.4, -0.2) is 169 Å². The summed E-state index contributed by atoms with van der Waals surface area (Å²) in [4.78, 5) is 35.1. The molecular weight excluding hydrogens is 674 g/mol. The van der Waals surface area contributed by atoms with Crippen molar-refractivity contribution in [1.29, 1.82) is 0 Å². The molecule has 1 aromatic rings. The van der Waals surface area contributed by atoms with E-state index in [-0.39, 0.29) is 13.2 Å². The van der Waals surface area contributed by atoms with Crippen molar-refractivity contribution < 1.29 is 71.2 Å². The van der Waals surface area contributed by atoms with Gasteiger partial charge in [0.2, 0.25) is 0 Å². The maximum atomic E-state index is 11.9. The first-order valence-electron chi connectivity index (χ1n) is 17.3. The predicted molar refractivity (Wildman–Crippen MR) is 184 cm³/mol. The van der Waals surface area contributed by atoms with Crippen LogP contribution in [0.2, 0.25) is 0 Å². The van der Waals surface area contributed by atoms with Gasteiger partial charge in [0.1, 0.15) is 12.2 Å². The molecule has 294 valence electrons. The van der Waals surface area contributed by atoms with E-state index >= 15 is 0 Å². The highest BCUT2D eigenvalue weighted by Crippen LogP contribution is 2.06. The highest BCUT2D eigenvalue weighted by molar-refractivity contribution is 6.40. The summed E-state index contributed by atoms with van der Waals surface area (Å²) in [6.45, 7) is 14.4. The van der Waals surface area contributed by atoms with Gasteiger partial charge < -0.3 is 62.2 Å². The van der Waals surface area contributed by atoms with E-state index in [2.05, 4.69) is 5.32 Å². The molecule has 0 aromatic heterocycles. The fraction of sp³-hybridized carbons (Fsp3) is 0.743. The van der Waals surface area contributed by atoms with Crippen molar-refractivity contribution in [3.05, 3.63) is 35.9 Å². The van der Waals surface area contributed by atoms with Crippen LogP contribution in [0.25, 0.3) is 0 Å². The molecule has 0 atom stereocenters. The third-order valence-corrected chi connectivity index (χ3v) is 5.94. The van der Waals surface area contributed by atoms with E-state index < -0.39 is 23.4 Å². The zero-order valence-electron chi connectivity index (χ0n) is 30.6. The Morgan fingerprint density at radius 2 is 0.784 bits per heavy atom. The number of rotatable bonds is 35. The molecule has 0 bridgehead atoms. The van der Waals surface area contributed by atoms with Crippen molar-refractivity contribution in [2.45, 2.75) is 26.4 Å². The molecule has 16 nitrogen and oxygen atoms in total. The first-order chi connectivity index (χ1) is 24.8. The molecule has 1 N–H and O–H groups in total. The van der Waals surface area contributed by atoms with Crippen molar-refractivity contribution in [3.8, 4) is 0 Å². The SMILES string of the molecule is CC(C)(C)OC(=O)NCCOCCOCCOCCOCCOCCOCCOCCOCCOCCOCCOC(=O)C(=O)c1ccccc1. The maximum Gasteiger partial charge on any atom is 0.407 e. The lowest BCUT2D eigenvalue weighted by Crippen LogP contribution is -2.34. The number of ketones is 1. The van der Waals surface area contributed by atoms with Crippen molar-refractivity contribution in [2.75, 3.05) is 145 Å². The van der Waals surface area contributed by atoms with Gasteiger partial charge in [-0.15, -0.1) is 0 Å². The average Bonchev–Trinajstić information content (AvgIpc) is 3.11.